The Morgan fingerprint density at radius 2 is 1.00 bits per heavy atom. The molecule has 0 bridgehead atoms. The lowest BCUT2D eigenvalue weighted by atomic mass is 10.2. The normalized spacial score (nSPS) is 14.7. The first-order valence-corrected chi connectivity index (χ1v) is 23.1. The summed E-state index contributed by atoms with van der Waals surface area (Å²) in [5.74, 6) is -0.993. The molecule has 0 aliphatic carbocycles. The number of hydrogen-bond acceptors (Lipinski definition) is 8. The van der Waals surface area contributed by atoms with E-state index in [1.807, 2.05) is 33.3 Å². The SMILES string of the molecule is CC/C=C/C/C=C/C/C=C/C/C=C/CCCCC(=O)O[C@H](COC(=O)CC/C=C/C/C=C/C/C=C/C/C=C/C/C=C/CCCCC)COP(=O)([O-])OCC[N+](C)(C)C. The van der Waals surface area contributed by atoms with Crippen molar-refractivity contribution in [3.8, 4) is 0 Å². The molecule has 0 aromatic carbocycles. The van der Waals surface area contributed by atoms with Gasteiger partial charge in [-0.25, -0.2) is 0 Å². The van der Waals surface area contributed by atoms with Gasteiger partial charge in [-0.1, -0.05) is 136 Å². The van der Waals surface area contributed by atoms with Gasteiger partial charge in [0.05, 0.1) is 27.7 Å². The van der Waals surface area contributed by atoms with Crippen molar-refractivity contribution in [1.82, 2.24) is 0 Å². The largest absolute Gasteiger partial charge is 0.756 e. The van der Waals surface area contributed by atoms with Gasteiger partial charge in [-0.3, -0.25) is 14.2 Å². The number of carbonyl (C=O) groups excluding carboxylic acids is 2. The molecule has 0 aromatic rings. The molecule has 0 fully saturated rings. The van der Waals surface area contributed by atoms with Gasteiger partial charge in [-0.05, 0) is 89.9 Å². The lowest BCUT2D eigenvalue weighted by Crippen LogP contribution is -2.37. The summed E-state index contributed by atoms with van der Waals surface area (Å²) in [6.07, 6.45) is 52.8. The molecule has 0 aromatic heterocycles. The van der Waals surface area contributed by atoms with Crippen LogP contribution in [-0.4, -0.2) is 70.0 Å². The lowest BCUT2D eigenvalue weighted by molar-refractivity contribution is -0.870. The fourth-order valence-electron chi connectivity index (χ4n) is 4.92. The number of quaternary nitrogens is 1. The number of rotatable bonds is 37. The summed E-state index contributed by atoms with van der Waals surface area (Å²) in [6.45, 7) is 3.91. The van der Waals surface area contributed by atoms with Crippen LogP contribution in [-0.2, 0) is 32.7 Å². The van der Waals surface area contributed by atoms with E-state index in [0.717, 1.165) is 64.2 Å². The van der Waals surface area contributed by atoms with Crippen LogP contribution in [0.1, 0.15) is 129 Å². The average molecular weight is 828 g/mol. The van der Waals surface area contributed by atoms with Crippen molar-refractivity contribution in [3.05, 3.63) is 109 Å². The van der Waals surface area contributed by atoms with E-state index in [4.69, 9.17) is 18.5 Å². The summed E-state index contributed by atoms with van der Waals surface area (Å²) in [6, 6.07) is 0. The first kappa shape index (κ1) is 54.7. The van der Waals surface area contributed by atoms with E-state index in [9.17, 15) is 19.0 Å². The Bertz CT molecular complexity index is 1350. The maximum Gasteiger partial charge on any atom is 0.306 e. The molecule has 2 atom stereocenters. The van der Waals surface area contributed by atoms with Crippen LogP contribution in [0.25, 0.3) is 0 Å². The number of likely N-dealkylation sites (N-methyl/N-ethyl adjacent to an activating group) is 1. The van der Waals surface area contributed by atoms with Crippen LogP contribution in [0.5, 0.6) is 0 Å². The smallest absolute Gasteiger partial charge is 0.306 e. The van der Waals surface area contributed by atoms with Crippen LogP contribution in [0.3, 0.4) is 0 Å². The lowest BCUT2D eigenvalue weighted by Gasteiger charge is -2.28. The van der Waals surface area contributed by atoms with Gasteiger partial charge in [0, 0.05) is 12.8 Å². The number of unbranched alkanes of at least 4 members (excludes halogenated alkanes) is 5. The molecule has 0 heterocycles. The van der Waals surface area contributed by atoms with Crippen LogP contribution in [0.4, 0.5) is 0 Å². The quantitative estimate of drug-likeness (QED) is 0.0200. The van der Waals surface area contributed by atoms with Crippen molar-refractivity contribution in [3.63, 3.8) is 0 Å². The zero-order valence-electron chi connectivity index (χ0n) is 36.7. The predicted molar refractivity (Wildman–Crippen MR) is 240 cm³/mol. The molecule has 0 saturated heterocycles. The fourth-order valence-corrected chi connectivity index (χ4v) is 5.65. The Morgan fingerprint density at radius 1 is 0.552 bits per heavy atom. The summed E-state index contributed by atoms with van der Waals surface area (Å²) in [7, 11) is 1.08. The van der Waals surface area contributed by atoms with Crippen molar-refractivity contribution in [2.24, 2.45) is 0 Å². The van der Waals surface area contributed by atoms with Crippen molar-refractivity contribution >= 4 is 19.8 Å². The highest BCUT2D eigenvalue weighted by Gasteiger charge is 2.21. The van der Waals surface area contributed by atoms with Gasteiger partial charge in [0.1, 0.15) is 19.8 Å². The number of nitrogens with zero attached hydrogens (tertiary/aromatic N) is 1. The second-order valence-electron chi connectivity index (χ2n) is 15.0. The molecule has 0 N–H and O–H groups in total. The molecule has 0 radical (unpaired) electrons. The Hall–Kier alpha value is -3.33. The summed E-state index contributed by atoms with van der Waals surface area (Å²) >= 11 is 0. The predicted octanol–water partition coefficient (Wildman–Crippen LogP) is 11.7. The first-order valence-electron chi connectivity index (χ1n) is 21.6. The molecule has 0 spiro atoms. The van der Waals surface area contributed by atoms with Crippen LogP contribution < -0.4 is 4.89 Å². The van der Waals surface area contributed by atoms with Gasteiger partial charge in [-0.15, -0.1) is 0 Å². The number of allylic oxidation sites excluding steroid dienone is 18. The Kier molecular flexibility index (Phi) is 36.9. The number of carbonyl (C=O) groups is 2. The monoisotopic (exact) mass is 828 g/mol. The summed E-state index contributed by atoms with van der Waals surface area (Å²) < 4.78 is 33.7. The highest BCUT2D eigenvalue weighted by Crippen LogP contribution is 2.38. The molecule has 0 aliphatic rings. The van der Waals surface area contributed by atoms with Crippen LogP contribution in [0.2, 0.25) is 0 Å². The van der Waals surface area contributed by atoms with Gasteiger partial charge in [-0.2, -0.15) is 0 Å². The third kappa shape index (κ3) is 42.3. The van der Waals surface area contributed by atoms with E-state index in [-0.39, 0.29) is 26.1 Å². The first-order chi connectivity index (χ1) is 28.0. The molecular weight excluding hydrogens is 750 g/mol. The zero-order valence-corrected chi connectivity index (χ0v) is 37.6. The minimum absolute atomic E-state index is 0.0566. The Morgan fingerprint density at radius 3 is 1.47 bits per heavy atom. The van der Waals surface area contributed by atoms with Crippen molar-refractivity contribution in [1.29, 1.82) is 0 Å². The Labute approximate surface area is 353 Å². The van der Waals surface area contributed by atoms with Gasteiger partial charge >= 0.3 is 11.9 Å². The van der Waals surface area contributed by atoms with E-state index in [1.165, 1.54) is 25.7 Å². The van der Waals surface area contributed by atoms with E-state index in [1.54, 1.807) is 0 Å². The molecule has 0 rings (SSSR count). The standard InChI is InChI=1S/C48H78NO8P/c1-6-8-10-12-14-16-18-20-22-23-24-25-27-28-30-32-34-36-38-40-47(50)54-44-46(45-56-58(52,53)55-43-42-49(3,4)5)57-48(51)41-39-37-35-33-31-29-26-21-19-17-15-13-11-9-7-2/h9,11,14-17,20-22,24-26,28,30-31,33-34,36,46H,6-8,10,12-13,18-19,23,27,29,32,35,37-45H2,1-5H3/b11-9+,16-14+,17-15+,22-20+,25-24+,26-21+,30-28+,33-31+,36-34+/t46-/m1/s1. The minimum atomic E-state index is -4.66. The van der Waals surface area contributed by atoms with E-state index in [2.05, 4.69) is 111 Å². The van der Waals surface area contributed by atoms with Crippen LogP contribution in [0, 0.1) is 0 Å². The maximum atomic E-state index is 12.6. The number of ether oxygens (including phenoxy) is 2. The van der Waals surface area contributed by atoms with Gasteiger partial charge in [0.15, 0.2) is 6.10 Å². The molecular formula is C48H78NO8P. The highest BCUT2D eigenvalue weighted by atomic mass is 31.2. The van der Waals surface area contributed by atoms with E-state index in [0.29, 0.717) is 23.9 Å². The molecule has 0 amide bonds. The molecule has 9 nitrogen and oxygen atoms in total. The molecule has 58 heavy (non-hydrogen) atoms. The van der Waals surface area contributed by atoms with E-state index >= 15 is 0 Å². The topological polar surface area (TPSA) is 111 Å². The van der Waals surface area contributed by atoms with Crippen molar-refractivity contribution < 1.29 is 42.1 Å². The van der Waals surface area contributed by atoms with Gasteiger partial charge in [0.25, 0.3) is 7.82 Å². The Balaban J connectivity index is 4.58. The molecule has 10 heteroatoms. The third-order valence-corrected chi connectivity index (χ3v) is 9.25. The van der Waals surface area contributed by atoms with Crippen molar-refractivity contribution in [2.45, 2.75) is 136 Å². The van der Waals surface area contributed by atoms with Crippen molar-refractivity contribution in [2.75, 3.05) is 47.5 Å². The van der Waals surface area contributed by atoms with Crippen LogP contribution in [0.15, 0.2) is 109 Å². The molecule has 1 unspecified atom stereocenters. The zero-order chi connectivity index (χ0) is 42.8. The third-order valence-electron chi connectivity index (χ3n) is 8.29. The molecule has 0 saturated carbocycles. The highest BCUT2D eigenvalue weighted by molar-refractivity contribution is 7.45. The number of hydrogen-bond donors (Lipinski definition) is 0. The van der Waals surface area contributed by atoms with Gasteiger partial charge < -0.3 is 27.9 Å². The summed E-state index contributed by atoms with van der Waals surface area (Å²) in [5, 5.41) is 0. The second kappa shape index (κ2) is 39.1. The summed E-state index contributed by atoms with van der Waals surface area (Å²) in [5.41, 5.74) is 0. The molecule has 0 aliphatic heterocycles. The number of phosphoric acid groups is 1. The number of esters is 2. The maximum absolute atomic E-state index is 12.6. The van der Waals surface area contributed by atoms with E-state index < -0.39 is 32.5 Å². The second-order valence-corrected chi connectivity index (χ2v) is 16.4. The van der Waals surface area contributed by atoms with Crippen LogP contribution >= 0.6 is 7.82 Å². The minimum Gasteiger partial charge on any atom is -0.756 e. The van der Waals surface area contributed by atoms with Gasteiger partial charge in [0.2, 0.25) is 0 Å². The number of phosphoric ester groups is 1. The fraction of sp³-hybridized carbons (Fsp3) is 0.583. The molecule has 328 valence electrons. The average Bonchev–Trinajstić information content (AvgIpc) is 3.17. The summed E-state index contributed by atoms with van der Waals surface area (Å²) in [4.78, 5) is 37.5.